The van der Waals surface area contributed by atoms with Gasteiger partial charge in [0.2, 0.25) is 0 Å². The molecule has 2 aromatic heterocycles. The van der Waals surface area contributed by atoms with Gasteiger partial charge in [0, 0.05) is 0 Å². The summed E-state index contributed by atoms with van der Waals surface area (Å²) in [5.41, 5.74) is 10.3. The number of aryl methyl sites for hydroxylation is 1. The van der Waals surface area contributed by atoms with Crippen LogP contribution in [0.15, 0.2) is 35.7 Å². The van der Waals surface area contributed by atoms with Crippen molar-refractivity contribution in [3.63, 3.8) is 0 Å². The van der Waals surface area contributed by atoms with Crippen molar-refractivity contribution in [3.05, 3.63) is 46.8 Å². The Kier molecular flexibility index (Phi) is 2.83. The Balaban J connectivity index is 2.15. The first-order chi connectivity index (χ1) is 9.18. The number of rotatable bonds is 2. The highest BCUT2D eigenvalue weighted by Crippen LogP contribution is 2.29. The standard InChI is InChI=1S/C14H14N4S/c1-9-5-3-6-11(10(9)2)18-14(15)13(16-17-18)12-7-4-8-19-12/h3-8H,15H2,1-2H3. The van der Waals surface area contributed by atoms with Crippen LogP contribution in [-0.2, 0) is 0 Å². The summed E-state index contributed by atoms with van der Waals surface area (Å²) in [4.78, 5) is 1.04. The van der Waals surface area contributed by atoms with Crippen LogP contribution in [0.2, 0.25) is 0 Å². The van der Waals surface area contributed by atoms with E-state index in [1.54, 1.807) is 16.0 Å². The lowest BCUT2D eigenvalue weighted by atomic mass is 10.1. The van der Waals surface area contributed by atoms with Crippen LogP contribution in [0.25, 0.3) is 16.3 Å². The van der Waals surface area contributed by atoms with E-state index in [9.17, 15) is 0 Å². The lowest BCUT2D eigenvalue weighted by Crippen LogP contribution is -2.04. The maximum atomic E-state index is 6.19. The van der Waals surface area contributed by atoms with E-state index < -0.39 is 0 Å². The molecule has 0 saturated heterocycles. The molecule has 0 amide bonds. The van der Waals surface area contributed by atoms with Gasteiger partial charge in [0.1, 0.15) is 5.69 Å². The predicted molar refractivity (Wildman–Crippen MR) is 78.6 cm³/mol. The summed E-state index contributed by atoms with van der Waals surface area (Å²) in [6.45, 7) is 4.14. The molecule has 0 fully saturated rings. The second-order valence-electron chi connectivity index (χ2n) is 4.43. The van der Waals surface area contributed by atoms with Crippen molar-refractivity contribution in [1.29, 1.82) is 0 Å². The number of thiophene rings is 1. The first-order valence-electron chi connectivity index (χ1n) is 6.00. The monoisotopic (exact) mass is 270 g/mol. The maximum Gasteiger partial charge on any atom is 0.156 e. The minimum absolute atomic E-state index is 0.580. The topological polar surface area (TPSA) is 56.7 Å². The first-order valence-corrected chi connectivity index (χ1v) is 6.88. The number of nitrogens with two attached hydrogens (primary N) is 1. The number of benzene rings is 1. The van der Waals surface area contributed by atoms with Crippen molar-refractivity contribution >= 4 is 17.2 Å². The molecule has 4 nitrogen and oxygen atoms in total. The zero-order chi connectivity index (χ0) is 13.4. The van der Waals surface area contributed by atoms with Crippen LogP contribution in [0.4, 0.5) is 5.82 Å². The van der Waals surface area contributed by atoms with Gasteiger partial charge >= 0.3 is 0 Å². The third kappa shape index (κ3) is 1.92. The van der Waals surface area contributed by atoms with Crippen LogP contribution < -0.4 is 5.73 Å². The van der Waals surface area contributed by atoms with Gasteiger partial charge in [-0.05, 0) is 42.5 Å². The first kappa shape index (κ1) is 11.9. The van der Waals surface area contributed by atoms with E-state index in [1.807, 2.05) is 29.6 Å². The average molecular weight is 270 g/mol. The molecule has 0 spiro atoms. The Hall–Kier alpha value is -2.14. The molecule has 0 saturated carbocycles. The SMILES string of the molecule is Cc1cccc(-n2nnc(-c3cccs3)c2N)c1C. The van der Waals surface area contributed by atoms with Gasteiger partial charge in [0.05, 0.1) is 10.6 Å². The van der Waals surface area contributed by atoms with E-state index in [1.165, 1.54) is 5.56 Å². The highest BCUT2D eigenvalue weighted by molar-refractivity contribution is 7.13. The maximum absolute atomic E-state index is 6.19. The minimum Gasteiger partial charge on any atom is -0.382 e. The van der Waals surface area contributed by atoms with E-state index in [4.69, 9.17) is 5.73 Å². The van der Waals surface area contributed by atoms with Gasteiger partial charge in [0.15, 0.2) is 5.82 Å². The minimum atomic E-state index is 0.580. The largest absolute Gasteiger partial charge is 0.382 e. The molecule has 0 atom stereocenters. The lowest BCUT2D eigenvalue weighted by Gasteiger charge is -2.09. The summed E-state index contributed by atoms with van der Waals surface area (Å²) in [7, 11) is 0. The molecule has 0 radical (unpaired) electrons. The van der Waals surface area contributed by atoms with Gasteiger partial charge in [-0.2, -0.15) is 4.68 Å². The van der Waals surface area contributed by atoms with Gasteiger partial charge < -0.3 is 5.73 Å². The molecule has 3 rings (SSSR count). The summed E-state index contributed by atoms with van der Waals surface area (Å²) in [6, 6.07) is 10.1. The normalized spacial score (nSPS) is 10.8. The summed E-state index contributed by atoms with van der Waals surface area (Å²) in [6.07, 6.45) is 0. The molecule has 1 aromatic carbocycles. The van der Waals surface area contributed by atoms with Gasteiger partial charge in [-0.25, -0.2) is 0 Å². The number of nitrogen functional groups attached to an aromatic ring is 1. The Morgan fingerprint density at radius 3 is 2.74 bits per heavy atom. The molecular weight excluding hydrogens is 256 g/mol. The molecule has 3 aromatic rings. The Labute approximate surface area is 115 Å². The summed E-state index contributed by atoms with van der Waals surface area (Å²) in [5.74, 6) is 0.580. The average Bonchev–Trinajstić information content (AvgIpc) is 3.02. The molecule has 96 valence electrons. The van der Waals surface area contributed by atoms with Crippen molar-refractivity contribution in [1.82, 2.24) is 15.0 Å². The molecule has 0 unspecified atom stereocenters. The fourth-order valence-electron chi connectivity index (χ4n) is 2.02. The number of hydrogen-bond acceptors (Lipinski definition) is 4. The molecule has 0 aliphatic carbocycles. The highest BCUT2D eigenvalue weighted by atomic mass is 32.1. The zero-order valence-electron chi connectivity index (χ0n) is 10.8. The van der Waals surface area contributed by atoms with E-state index >= 15 is 0 Å². The summed E-state index contributed by atoms with van der Waals surface area (Å²) < 4.78 is 1.71. The third-order valence-corrected chi connectivity index (χ3v) is 4.14. The highest BCUT2D eigenvalue weighted by Gasteiger charge is 2.15. The number of hydrogen-bond donors (Lipinski definition) is 1. The van der Waals surface area contributed by atoms with E-state index in [0.29, 0.717) is 5.82 Å². The molecular formula is C14H14N4S. The Morgan fingerprint density at radius 2 is 2.00 bits per heavy atom. The molecule has 19 heavy (non-hydrogen) atoms. The second kappa shape index (κ2) is 4.51. The molecule has 2 heterocycles. The van der Waals surface area contributed by atoms with Crippen LogP contribution in [-0.4, -0.2) is 15.0 Å². The van der Waals surface area contributed by atoms with Crippen molar-refractivity contribution in [3.8, 4) is 16.3 Å². The Bertz CT molecular complexity index is 713. The van der Waals surface area contributed by atoms with Crippen molar-refractivity contribution in [2.24, 2.45) is 0 Å². The van der Waals surface area contributed by atoms with Crippen LogP contribution >= 0.6 is 11.3 Å². The van der Waals surface area contributed by atoms with Crippen LogP contribution in [0, 0.1) is 13.8 Å². The number of anilines is 1. The number of nitrogens with zero attached hydrogens (tertiary/aromatic N) is 3. The van der Waals surface area contributed by atoms with Gasteiger partial charge in [-0.1, -0.05) is 23.4 Å². The lowest BCUT2D eigenvalue weighted by molar-refractivity contribution is 0.804. The van der Waals surface area contributed by atoms with E-state index in [0.717, 1.165) is 21.8 Å². The van der Waals surface area contributed by atoms with Crippen molar-refractivity contribution < 1.29 is 0 Å². The van der Waals surface area contributed by atoms with Crippen molar-refractivity contribution in [2.75, 3.05) is 5.73 Å². The summed E-state index contributed by atoms with van der Waals surface area (Å²) >= 11 is 1.61. The molecule has 0 aliphatic heterocycles. The fourth-order valence-corrected chi connectivity index (χ4v) is 2.74. The quantitative estimate of drug-likeness (QED) is 0.778. The van der Waals surface area contributed by atoms with Gasteiger partial charge in [0.25, 0.3) is 0 Å². The van der Waals surface area contributed by atoms with Gasteiger partial charge in [-0.3, -0.25) is 0 Å². The molecule has 5 heteroatoms. The third-order valence-electron chi connectivity index (χ3n) is 3.26. The smallest absolute Gasteiger partial charge is 0.156 e. The molecule has 2 N–H and O–H groups in total. The van der Waals surface area contributed by atoms with Crippen molar-refractivity contribution in [2.45, 2.75) is 13.8 Å². The predicted octanol–water partition coefficient (Wildman–Crippen LogP) is 3.19. The van der Waals surface area contributed by atoms with Crippen LogP contribution in [0.3, 0.4) is 0 Å². The molecule has 0 aliphatic rings. The fraction of sp³-hybridized carbons (Fsp3) is 0.143. The van der Waals surface area contributed by atoms with Gasteiger partial charge in [-0.15, -0.1) is 16.4 Å². The van der Waals surface area contributed by atoms with Crippen LogP contribution in [0.1, 0.15) is 11.1 Å². The zero-order valence-corrected chi connectivity index (χ0v) is 11.6. The number of aromatic nitrogens is 3. The second-order valence-corrected chi connectivity index (χ2v) is 5.38. The summed E-state index contributed by atoms with van der Waals surface area (Å²) in [5, 5.41) is 10.4. The Morgan fingerprint density at radius 1 is 1.16 bits per heavy atom. The van der Waals surface area contributed by atoms with E-state index in [2.05, 4.69) is 30.2 Å². The van der Waals surface area contributed by atoms with Crippen LogP contribution in [0.5, 0.6) is 0 Å². The van der Waals surface area contributed by atoms with E-state index in [-0.39, 0.29) is 0 Å². The molecule has 0 bridgehead atoms.